The van der Waals surface area contributed by atoms with E-state index in [4.69, 9.17) is 0 Å². The molecule has 0 bridgehead atoms. The van der Waals surface area contributed by atoms with Gasteiger partial charge in [0.25, 0.3) is 0 Å². The number of alkyl halides is 3. The second kappa shape index (κ2) is 5.36. The van der Waals surface area contributed by atoms with Gasteiger partial charge in [0, 0.05) is 11.9 Å². The predicted molar refractivity (Wildman–Crippen MR) is 73.8 cm³/mol. The van der Waals surface area contributed by atoms with E-state index in [-0.39, 0.29) is 5.82 Å². The Morgan fingerprint density at radius 2 is 1.95 bits per heavy atom. The Hall–Kier alpha value is -2.30. The zero-order valence-electron chi connectivity index (χ0n) is 10.8. The Labute approximate surface area is 115 Å². The number of pyridine rings is 1. The van der Waals surface area contributed by atoms with Gasteiger partial charge in [-0.25, -0.2) is 4.98 Å². The van der Waals surface area contributed by atoms with E-state index in [1.54, 1.807) is 6.08 Å². The van der Waals surface area contributed by atoms with Crippen LogP contribution in [0.1, 0.15) is 16.7 Å². The van der Waals surface area contributed by atoms with Crippen LogP contribution in [0.4, 0.5) is 24.7 Å². The van der Waals surface area contributed by atoms with E-state index >= 15 is 0 Å². The molecule has 104 valence electrons. The Morgan fingerprint density at radius 1 is 1.20 bits per heavy atom. The van der Waals surface area contributed by atoms with Crippen molar-refractivity contribution in [3.05, 3.63) is 59.8 Å². The predicted octanol–water partition coefficient (Wildman–Crippen LogP) is 4.80. The van der Waals surface area contributed by atoms with E-state index in [2.05, 4.69) is 16.9 Å². The summed E-state index contributed by atoms with van der Waals surface area (Å²) in [7, 11) is 0. The van der Waals surface area contributed by atoms with Gasteiger partial charge in [0.05, 0.1) is 5.56 Å². The summed E-state index contributed by atoms with van der Waals surface area (Å²) in [6, 6.07) is 7.49. The molecular formula is C15H13F3N2. The molecule has 1 heterocycles. The molecule has 0 atom stereocenters. The lowest BCUT2D eigenvalue weighted by Crippen LogP contribution is -2.06. The molecule has 2 aromatic rings. The average molecular weight is 278 g/mol. The number of hydrogen-bond donors (Lipinski definition) is 1. The molecule has 1 N–H and O–H groups in total. The van der Waals surface area contributed by atoms with Crippen molar-refractivity contribution in [2.45, 2.75) is 13.1 Å². The van der Waals surface area contributed by atoms with E-state index in [1.165, 1.54) is 0 Å². The number of anilines is 2. The standard InChI is InChI=1S/C15H13F3N2/c1-3-11-5-4-10(2)13(8-11)20-14-9-12(6-7-19-14)15(16,17)18/h3-9H,1H2,2H3,(H,19,20). The van der Waals surface area contributed by atoms with E-state index < -0.39 is 11.7 Å². The summed E-state index contributed by atoms with van der Waals surface area (Å²) in [5, 5.41) is 2.90. The highest BCUT2D eigenvalue weighted by molar-refractivity contribution is 5.65. The number of aryl methyl sites for hydroxylation is 1. The monoisotopic (exact) mass is 278 g/mol. The molecule has 0 fully saturated rings. The van der Waals surface area contributed by atoms with Crippen molar-refractivity contribution < 1.29 is 13.2 Å². The number of benzene rings is 1. The van der Waals surface area contributed by atoms with Crippen molar-refractivity contribution in [3.63, 3.8) is 0 Å². The van der Waals surface area contributed by atoms with Crippen molar-refractivity contribution in [1.82, 2.24) is 4.98 Å². The van der Waals surface area contributed by atoms with Crippen molar-refractivity contribution in [1.29, 1.82) is 0 Å². The van der Waals surface area contributed by atoms with Crippen LogP contribution in [-0.2, 0) is 6.18 Å². The van der Waals surface area contributed by atoms with Crippen LogP contribution in [0.2, 0.25) is 0 Å². The maximum Gasteiger partial charge on any atom is 0.416 e. The van der Waals surface area contributed by atoms with Crippen LogP contribution in [0, 0.1) is 6.92 Å². The summed E-state index contributed by atoms with van der Waals surface area (Å²) in [6.07, 6.45) is -1.57. The summed E-state index contributed by atoms with van der Waals surface area (Å²) in [5.74, 6) is 0.157. The van der Waals surface area contributed by atoms with E-state index in [0.29, 0.717) is 5.69 Å². The van der Waals surface area contributed by atoms with Gasteiger partial charge in [-0.1, -0.05) is 24.8 Å². The minimum atomic E-state index is -4.38. The average Bonchev–Trinajstić information content (AvgIpc) is 2.41. The minimum Gasteiger partial charge on any atom is -0.340 e. The van der Waals surface area contributed by atoms with Gasteiger partial charge in [-0.05, 0) is 36.2 Å². The SMILES string of the molecule is C=Cc1ccc(C)c(Nc2cc(C(F)(F)F)ccn2)c1. The molecule has 0 aliphatic heterocycles. The normalized spacial score (nSPS) is 11.2. The zero-order chi connectivity index (χ0) is 14.8. The summed E-state index contributed by atoms with van der Waals surface area (Å²) >= 11 is 0. The van der Waals surface area contributed by atoms with Crippen molar-refractivity contribution >= 4 is 17.6 Å². The summed E-state index contributed by atoms with van der Waals surface area (Å²) in [6.45, 7) is 5.53. The third-order valence-electron chi connectivity index (χ3n) is 2.85. The number of hydrogen-bond acceptors (Lipinski definition) is 2. The maximum absolute atomic E-state index is 12.6. The fraction of sp³-hybridized carbons (Fsp3) is 0.133. The molecule has 2 rings (SSSR count). The molecule has 0 saturated carbocycles. The number of nitrogens with zero attached hydrogens (tertiary/aromatic N) is 1. The lowest BCUT2D eigenvalue weighted by Gasteiger charge is -2.12. The smallest absolute Gasteiger partial charge is 0.340 e. The van der Waals surface area contributed by atoms with Crippen LogP contribution in [0.25, 0.3) is 6.08 Å². The Morgan fingerprint density at radius 3 is 2.60 bits per heavy atom. The van der Waals surface area contributed by atoms with Crippen LogP contribution < -0.4 is 5.32 Å². The molecule has 20 heavy (non-hydrogen) atoms. The fourth-order valence-electron chi connectivity index (χ4n) is 1.71. The quantitative estimate of drug-likeness (QED) is 0.872. The number of aromatic nitrogens is 1. The Balaban J connectivity index is 2.33. The first kappa shape index (κ1) is 14.1. The zero-order valence-corrected chi connectivity index (χ0v) is 10.8. The van der Waals surface area contributed by atoms with Gasteiger partial charge >= 0.3 is 6.18 Å². The second-order valence-electron chi connectivity index (χ2n) is 4.33. The third kappa shape index (κ3) is 3.17. The first-order valence-electron chi connectivity index (χ1n) is 5.93. The summed E-state index contributed by atoms with van der Waals surface area (Å²) in [5.41, 5.74) is 1.77. The molecule has 0 amide bonds. The Bertz CT molecular complexity index is 633. The molecular weight excluding hydrogens is 265 g/mol. The highest BCUT2D eigenvalue weighted by atomic mass is 19.4. The van der Waals surface area contributed by atoms with Crippen LogP contribution in [0.3, 0.4) is 0 Å². The fourth-order valence-corrected chi connectivity index (χ4v) is 1.71. The molecule has 0 unspecified atom stereocenters. The number of rotatable bonds is 3. The van der Waals surface area contributed by atoms with E-state index in [1.807, 2.05) is 25.1 Å². The summed E-state index contributed by atoms with van der Waals surface area (Å²) < 4.78 is 37.9. The lowest BCUT2D eigenvalue weighted by atomic mass is 10.1. The van der Waals surface area contributed by atoms with Gasteiger partial charge in [0.1, 0.15) is 5.82 Å². The van der Waals surface area contributed by atoms with Gasteiger partial charge in [-0.2, -0.15) is 13.2 Å². The van der Waals surface area contributed by atoms with Crippen molar-refractivity contribution in [3.8, 4) is 0 Å². The molecule has 0 saturated heterocycles. The van der Waals surface area contributed by atoms with Gasteiger partial charge in [0.15, 0.2) is 0 Å². The van der Waals surface area contributed by atoms with Crippen molar-refractivity contribution in [2.24, 2.45) is 0 Å². The first-order chi connectivity index (χ1) is 9.40. The highest BCUT2D eigenvalue weighted by Crippen LogP contribution is 2.31. The first-order valence-corrected chi connectivity index (χ1v) is 5.93. The molecule has 1 aromatic heterocycles. The van der Waals surface area contributed by atoms with Gasteiger partial charge in [0.2, 0.25) is 0 Å². The van der Waals surface area contributed by atoms with Crippen LogP contribution in [0.5, 0.6) is 0 Å². The number of nitrogens with one attached hydrogen (secondary N) is 1. The molecule has 5 heteroatoms. The lowest BCUT2D eigenvalue weighted by molar-refractivity contribution is -0.137. The van der Waals surface area contributed by atoms with Gasteiger partial charge < -0.3 is 5.32 Å². The van der Waals surface area contributed by atoms with Crippen LogP contribution in [0.15, 0.2) is 43.1 Å². The van der Waals surface area contributed by atoms with Crippen molar-refractivity contribution in [2.75, 3.05) is 5.32 Å². The largest absolute Gasteiger partial charge is 0.416 e. The molecule has 0 aliphatic rings. The Kier molecular flexibility index (Phi) is 3.79. The molecule has 0 spiro atoms. The highest BCUT2D eigenvalue weighted by Gasteiger charge is 2.30. The van der Waals surface area contributed by atoms with Gasteiger partial charge in [-0.15, -0.1) is 0 Å². The third-order valence-corrected chi connectivity index (χ3v) is 2.85. The minimum absolute atomic E-state index is 0.157. The molecule has 2 nitrogen and oxygen atoms in total. The van der Waals surface area contributed by atoms with Crippen LogP contribution in [-0.4, -0.2) is 4.98 Å². The second-order valence-corrected chi connectivity index (χ2v) is 4.33. The molecule has 1 aromatic carbocycles. The van der Waals surface area contributed by atoms with Crippen LogP contribution >= 0.6 is 0 Å². The number of halogens is 3. The molecule has 0 radical (unpaired) electrons. The topological polar surface area (TPSA) is 24.9 Å². The van der Waals surface area contributed by atoms with E-state index in [0.717, 1.165) is 29.5 Å². The molecule has 0 aliphatic carbocycles. The maximum atomic E-state index is 12.6. The van der Waals surface area contributed by atoms with E-state index in [9.17, 15) is 13.2 Å². The summed E-state index contributed by atoms with van der Waals surface area (Å²) in [4.78, 5) is 3.91. The van der Waals surface area contributed by atoms with Gasteiger partial charge in [-0.3, -0.25) is 0 Å².